The smallest absolute Gasteiger partial charge is 0.240 e. The van der Waals surface area contributed by atoms with E-state index in [2.05, 4.69) is 9.71 Å². The highest BCUT2D eigenvalue weighted by atomic mass is 32.2. The second-order valence-corrected chi connectivity index (χ2v) is 6.25. The van der Waals surface area contributed by atoms with Crippen molar-refractivity contribution in [3.05, 3.63) is 59.9 Å². The summed E-state index contributed by atoms with van der Waals surface area (Å²) in [6.45, 7) is 0.0677. The predicted octanol–water partition coefficient (Wildman–Crippen LogP) is 1.21. The number of hydrogen-bond donors (Lipinski definition) is 3. The topological polar surface area (TPSA) is 111 Å². The van der Waals surface area contributed by atoms with Crippen LogP contribution in [0.15, 0.2) is 58.4 Å². The molecule has 0 aliphatic heterocycles. The average molecular weight is 322 g/mol. The van der Waals surface area contributed by atoms with Gasteiger partial charge in [0.1, 0.15) is 5.82 Å². The molecule has 5 N–H and O–H groups in total. The highest BCUT2D eigenvalue weighted by molar-refractivity contribution is 7.89. The Morgan fingerprint density at radius 1 is 1.05 bits per heavy atom. The van der Waals surface area contributed by atoms with Crippen LogP contribution < -0.4 is 16.2 Å². The van der Waals surface area contributed by atoms with E-state index in [9.17, 15) is 12.8 Å². The summed E-state index contributed by atoms with van der Waals surface area (Å²) in [5.41, 5.74) is 11.6. The first kappa shape index (κ1) is 15.9. The first-order valence-electron chi connectivity index (χ1n) is 6.30. The standard InChI is InChI=1S/C14H15FN4O2S/c15-11-3-1-10(2-4-11)9-18-22(20,21)13-7-5-12(6-8-13)19-14(16)17/h1-8,18H,9H2,(H4,16,17,19). The van der Waals surface area contributed by atoms with Crippen LogP contribution in [0.4, 0.5) is 10.1 Å². The van der Waals surface area contributed by atoms with Crippen LogP contribution in [0.1, 0.15) is 5.56 Å². The van der Waals surface area contributed by atoms with Gasteiger partial charge in [-0.3, -0.25) is 0 Å². The second-order valence-electron chi connectivity index (χ2n) is 4.48. The zero-order chi connectivity index (χ0) is 16.2. The molecule has 6 nitrogen and oxygen atoms in total. The zero-order valence-electron chi connectivity index (χ0n) is 11.5. The van der Waals surface area contributed by atoms with Crippen LogP contribution in [-0.2, 0) is 16.6 Å². The molecule has 2 aromatic carbocycles. The molecule has 2 rings (SSSR count). The maximum absolute atomic E-state index is 12.8. The Kier molecular flexibility index (Phi) is 4.74. The number of nitrogens with one attached hydrogen (secondary N) is 1. The number of benzene rings is 2. The van der Waals surface area contributed by atoms with Gasteiger partial charge < -0.3 is 11.5 Å². The van der Waals surface area contributed by atoms with Crippen LogP contribution in [0.5, 0.6) is 0 Å². The summed E-state index contributed by atoms with van der Waals surface area (Å²) >= 11 is 0. The summed E-state index contributed by atoms with van der Waals surface area (Å²) in [6.07, 6.45) is 0. The summed E-state index contributed by atoms with van der Waals surface area (Å²) in [7, 11) is -3.67. The normalized spacial score (nSPS) is 11.1. The third-order valence-electron chi connectivity index (χ3n) is 2.78. The van der Waals surface area contributed by atoms with E-state index in [1.807, 2.05) is 0 Å². The van der Waals surface area contributed by atoms with Gasteiger partial charge in [0.05, 0.1) is 10.6 Å². The highest BCUT2D eigenvalue weighted by Gasteiger charge is 2.13. The summed E-state index contributed by atoms with van der Waals surface area (Å²) in [5, 5.41) is 0. The van der Waals surface area contributed by atoms with E-state index in [1.165, 1.54) is 48.5 Å². The van der Waals surface area contributed by atoms with Gasteiger partial charge in [-0.1, -0.05) is 12.1 Å². The molecule has 0 radical (unpaired) electrons. The molecular weight excluding hydrogens is 307 g/mol. The Bertz CT molecular complexity index is 767. The van der Waals surface area contributed by atoms with Crippen LogP contribution in [0.3, 0.4) is 0 Å². The monoisotopic (exact) mass is 322 g/mol. The first-order chi connectivity index (χ1) is 10.4. The molecule has 0 fully saturated rings. The largest absolute Gasteiger partial charge is 0.370 e. The van der Waals surface area contributed by atoms with E-state index in [0.717, 1.165) is 0 Å². The Morgan fingerprint density at radius 2 is 1.64 bits per heavy atom. The van der Waals surface area contributed by atoms with Gasteiger partial charge in [-0.2, -0.15) is 0 Å². The number of sulfonamides is 1. The van der Waals surface area contributed by atoms with E-state index in [0.29, 0.717) is 11.3 Å². The van der Waals surface area contributed by atoms with Crippen molar-refractivity contribution in [1.82, 2.24) is 4.72 Å². The lowest BCUT2D eigenvalue weighted by Gasteiger charge is -2.07. The molecule has 0 bridgehead atoms. The minimum Gasteiger partial charge on any atom is -0.370 e. The molecule has 8 heteroatoms. The molecule has 0 aliphatic carbocycles. The summed E-state index contributed by atoms with van der Waals surface area (Å²) in [5.74, 6) is -0.480. The SMILES string of the molecule is NC(N)=Nc1ccc(S(=O)(=O)NCc2ccc(F)cc2)cc1. The fraction of sp³-hybridized carbons (Fsp3) is 0.0714. The van der Waals surface area contributed by atoms with Gasteiger partial charge in [-0.05, 0) is 42.0 Å². The van der Waals surface area contributed by atoms with Crippen molar-refractivity contribution in [3.8, 4) is 0 Å². The molecule has 0 aliphatic rings. The van der Waals surface area contributed by atoms with E-state index in [4.69, 9.17) is 11.5 Å². The van der Waals surface area contributed by atoms with Gasteiger partial charge >= 0.3 is 0 Å². The van der Waals surface area contributed by atoms with Crippen LogP contribution in [0.25, 0.3) is 0 Å². The molecule has 2 aromatic rings. The first-order valence-corrected chi connectivity index (χ1v) is 7.79. The van der Waals surface area contributed by atoms with Crippen molar-refractivity contribution in [2.24, 2.45) is 16.5 Å². The molecule has 0 heterocycles. The second kappa shape index (κ2) is 6.54. The molecule has 0 amide bonds. The zero-order valence-corrected chi connectivity index (χ0v) is 12.3. The molecule has 22 heavy (non-hydrogen) atoms. The minimum absolute atomic E-state index is 0.0677. The third-order valence-corrected chi connectivity index (χ3v) is 4.20. The quantitative estimate of drug-likeness (QED) is 0.567. The van der Waals surface area contributed by atoms with Crippen molar-refractivity contribution < 1.29 is 12.8 Å². The highest BCUT2D eigenvalue weighted by Crippen LogP contribution is 2.16. The molecule has 0 unspecified atom stereocenters. The number of guanidine groups is 1. The van der Waals surface area contributed by atoms with Crippen LogP contribution in [-0.4, -0.2) is 14.4 Å². The minimum atomic E-state index is -3.67. The van der Waals surface area contributed by atoms with E-state index in [1.54, 1.807) is 0 Å². The maximum atomic E-state index is 12.8. The Morgan fingerprint density at radius 3 is 2.18 bits per heavy atom. The van der Waals surface area contributed by atoms with E-state index >= 15 is 0 Å². The van der Waals surface area contributed by atoms with Gasteiger partial charge in [-0.15, -0.1) is 0 Å². The van der Waals surface area contributed by atoms with Crippen molar-refractivity contribution in [3.63, 3.8) is 0 Å². The van der Waals surface area contributed by atoms with Crippen molar-refractivity contribution >= 4 is 21.7 Å². The maximum Gasteiger partial charge on any atom is 0.240 e. The number of aliphatic imine (C=N–C) groups is 1. The van der Waals surface area contributed by atoms with E-state index < -0.39 is 10.0 Å². The van der Waals surface area contributed by atoms with Gasteiger partial charge in [0.15, 0.2) is 5.96 Å². The van der Waals surface area contributed by atoms with Gasteiger partial charge in [0, 0.05) is 6.54 Å². The number of halogens is 1. The number of nitrogens with two attached hydrogens (primary N) is 2. The summed E-state index contributed by atoms with van der Waals surface area (Å²) in [4.78, 5) is 3.89. The lowest BCUT2D eigenvalue weighted by Crippen LogP contribution is -2.23. The third kappa shape index (κ3) is 4.27. The summed E-state index contributed by atoms with van der Waals surface area (Å²) in [6, 6.07) is 11.3. The molecule has 0 saturated carbocycles. The van der Waals surface area contributed by atoms with Gasteiger partial charge in [0.2, 0.25) is 10.0 Å². The summed E-state index contributed by atoms with van der Waals surface area (Å²) < 4.78 is 39.5. The Labute approximate surface area is 127 Å². The van der Waals surface area contributed by atoms with Gasteiger partial charge in [0.25, 0.3) is 0 Å². The predicted molar refractivity (Wildman–Crippen MR) is 82.3 cm³/mol. The molecule has 0 spiro atoms. The lowest BCUT2D eigenvalue weighted by molar-refractivity contribution is 0.581. The molecule has 116 valence electrons. The molecule has 0 saturated heterocycles. The van der Waals surface area contributed by atoms with Gasteiger partial charge in [-0.25, -0.2) is 22.5 Å². The fourth-order valence-electron chi connectivity index (χ4n) is 1.71. The van der Waals surface area contributed by atoms with Crippen molar-refractivity contribution in [2.45, 2.75) is 11.4 Å². The van der Waals surface area contributed by atoms with Crippen molar-refractivity contribution in [1.29, 1.82) is 0 Å². The number of rotatable bonds is 5. The molecule has 0 atom stereocenters. The van der Waals surface area contributed by atoms with Crippen molar-refractivity contribution in [2.75, 3.05) is 0 Å². The Balaban J connectivity index is 2.09. The van der Waals surface area contributed by atoms with Crippen LogP contribution in [0, 0.1) is 5.82 Å². The number of nitrogens with zero attached hydrogens (tertiary/aromatic N) is 1. The Hall–Kier alpha value is -2.45. The molecular formula is C14H15FN4O2S. The fourth-order valence-corrected chi connectivity index (χ4v) is 2.73. The average Bonchev–Trinajstić information content (AvgIpc) is 2.47. The lowest BCUT2D eigenvalue weighted by atomic mass is 10.2. The van der Waals surface area contributed by atoms with Crippen LogP contribution >= 0.6 is 0 Å². The van der Waals surface area contributed by atoms with Crippen LogP contribution in [0.2, 0.25) is 0 Å². The van der Waals surface area contributed by atoms with E-state index in [-0.39, 0.29) is 23.2 Å². The number of hydrogen-bond acceptors (Lipinski definition) is 3. The molecule has 0 aromatic heterocycles.